The normalized spacial score (nSPS) is 12.1. The smallest absolute Gasteiger partial charge is 0.272 e. The molecular weight excluding hydrogens is 228 g/mol. The summed E-state index contributed by atoms with van der Waals surface area (Å²) < 4.78 is 7.02. The van der Waals surface area contributed by atoms with Gasteiger partial charge in [0.15, 0.2) is 6.10 Å². The summed E-state index contributed by atoms with van der Waals surface area (Å²) in [5.74, 6) is 0.570. The molecule has 0 aliphatic heterocycles. The third-order valence-corrected chi connectivity index (χ3v) is 2.75. The van der Waals surface area contributed by atoms with E-state index in [1.807, 2.05) is 24.3 Å². The Bertz CT molecular complexity index is 503. The molecule has 0 spiro atoms. The minimum absolute atomic E-state index is 0.132. The summed E-state index contributed by atoms with van der Waals surface area (Å²) in [5.41, 5.74) is 1.25. The molecule has 2 aromatic rings. The lowest BCUT2D eigenvalue weighted by atomic mass is 10.2. The summed E-state index contributed by atoms with van der Waals surface area (Å²) in [4.78, 5) is 15.8. The Labute approximate surface area is 106 Å². The molecule has 0 aliphatic carbocycles. The number of hydrogen-bond acceptors (Lipinski definition) is 3. The van der Waals surface area contributed by atoms with Crippen LogP contribution < -0.4 is 4.74 Å². The molecule has 0 N–H and O–H groups in total. The van der Waals surface area contributed by atoms with E-state index in [9.17, 15) is 4.79 Å². The van der Waals surface area contributed by atoms with Gasteiger partial charge in [0, 0.05) is 12.4 Å². The number of rotatable bonds is 4. The SMILES string of the molecule is CCc1ccc(OC(C)C(=O)n2ccnc2)cc1. The fourth-order valence-corrected chi connectivity index (χ4v) is 1.66. The van der Waals surface area contributed by atoms with E-state index in [-0.39, 0.29) is 5.91 Å². The second-order valence-corrected chi connectivity index (χ2v) is 4.07. The zero-order valence-electron chi connectivity index (χ0n) is 10.5. The highest BCUT2D eigenvalue weighted by atomic mass is 16.5. The molecule has 0 aliphatic rings. The number of nitrogens with zero attached hydrogens (tertiary/aromatic N) is 2. The number of imidazole rings is 1. The molecule has 1 atom stereocenters. The van der Waals surface area contributed by atoms with E-state index in [4.69, 9.17) is 4.74 Å². The van der Waals surface area contributed by atoms with Crippen LogP contribution in [0.3, 0.4) is 0 Å². The minimum atomic E-state index is -0.535. The molecule has 0 fully saturated rings. The van der Waals surface area contributed by atoms with Crippen molar-refractivity contribution >= 4 is 5.91 Å². The first kappa shape index (κ1) is 12.4. The first-order valence-corrected chi connectivity index (χ1v) is 5.98. The van der Waals surface area contributed by atoms with Gasteiger partial charge >= 0.3 is 0 Å². The zero-order valence-corrected chi connectivity index (χ0v) is 10.5. The molecule has 0 saturated carbocycles. The number of carbonyl (C=O) groups is 1. The van der Waals surface area contributed by atoms with Crippen molar-refractivity contribution in [3.05, 3.63) is 48.5 Å². The topological polar surface area (TPSA) is 44.1 Å². The van der Waals surface area contributed by atoms with Crippen LogP contribution in [0, 0.1) is 0 Å². The molecule has 1 aromatic carbocycles. The first-order valence-electron chi connectivity index (χ1n) is 5.98. The van der Waals surface area contributed by atoms with E-state index in [1.54, 1.807) is 19.3 Å². The molecule has 0 saturated heterocycles. The zero-order chi connectivity index (χ0) is 13.0. The van der Waals surface area contributed by atoms with Gasteiger partial charge in [0.2, 0.25) is 0 Å². The maximum atomic E-state index is 11.9. The number of aryl methyl sites for hydroxylation is 1. The third kappa shape index (κ3) is 2.77. The van der Waals surface area contributed by atoms with E-state index in [1.165, 1.54) is 16.5 Å². The molecule has 4 heteroatoms. The molecule has 2 rings (SSSR count). The monoisotopic (exact) mass is 244 g/mol. The summed E-state index contributed by atoms with van der Waals surface area (Å²) in [7, 11) is 0. The standard InChI is InChI=1S/C14H16N2O2/c1-3-12-4-6-13(7-5-12)18-11(2)14(17)16-9-8-15-10-16/h4-11H,3H2,1-2H3. The second-order valence-electron chi connectivity index (χ2n) is 4.07. The van der Waals surface area contributed by atoms with Crippen molar-refractivity contribution in [2.24, 2.45) is 0 Å². The molecule has 1 aromatic heterocycles. The number of ether oxygens (including phenoxy) is 1. The van der Waals surface area contributed by atoms with Crippen LogP contribution in [0.15, 0.2) is 43.0 Å². The summed E-state index contributed by atoms with van der Waals surface area (Å²) in [5, 5.41) is 0. The number of carbonyl (C=O) groups excluding carboxylic acids is 1. The lowest BCUT2D eigenvalue weighted by molar-refractivity contribution is 0.0727. The second kappa shape index (κ2) is 5.49. The Balaban J connectivity index is 2.02. The predicted molar refractivity (Wildman–Crippen MR) is 68.8 cm³/mol. The van der Waals surface area contributed by atoms with Gasteiger partial charge in [0.1, 0.15) is 12.1 Å². The highest BCUT2D eigenvalue weighted by Crippen LogP contribution is 2.14. The van der Waals surface area contributed by atoms with E-state index in [0.717, 1.165) is 6.42 Å². The Morgan fingerprint density at radius 3 is 2.67 bits per heavy atom. The Morgan fingerprint density at radius 1 is 1.39 bits per heavy atom. The number of benzene rings is 1. The minimum Gasteiger partial charge on any atom is -0.481 e. The fraction of sp³-hybridized carbons (Fsp3) is 0.286. The van der Waals surface area contributed by atoms with Gasteiger partial charge in [-0.05, 0) is 31.0 Å². The van der Waals surface area contributed by atoms with Gasteiger partial charge in [-0.3, -0.25) is 9.36 Å². The molecule has 94 valence electrons. The summed E-state index contributed by atoms with van der Waals surface area (Å²) in [6, 6.07) is 7.78. The van der Waals surface area contributed by atoms with Crippen molar-refractivity contribution in [1.29, 1.82) is 0 Å². The van der Waals surface area contributed by atoms with E-state index < -0.39 is 6.10 Å². The van der Waals surface area contributed by atoms with Crippen molar-refractivity contribution in [3.63, 3.8) is 0 Å². The maximum Gasteiger partial charge on any atom is 0.272 e. The number of hydrogen-bond donors (Lipinski definition) is 0. The summed E-state index contributed by atoms with van der Waals surface area (Å²) in [6.45, 7) is 3.83. The molecule has 18 heavy (non-hydrogen) atoms. The molecule has 0 bridgehead atoms. The Morgan fingerprint density at radius 2 is 2.11 bits per heavy atom. The van der Waals surface area contributed by atoms with Crippen LogP contribution in [0.4, 0.5) is 0 Å². The largest absolute Gasteiger partial charge is 0.481 e. The quantitative estimate of drug-likeness (QED) is 0.830. The van der Waals surface area contributed by atoms with Gasteiger partial charge in [-0.15, -0.1) is 0 Å². The van der Waals surface area contributed by atoms with Crippen molar-refractivity contribution in [1.82, 2.24) is 9.55 Å². The van der Waals surface area contributed by atoms with E-state index in [2.05, 4.69) is 11.9 Å². The highest BCUT2D eigenvalue weighted by molar-refractivity contribution is 5.83. The highest BCUT2D eigenvalue weighted by Gasteiger charge is 2.16. The first-order chi connectivity index (χ1) is 8.70. The van der Waals surface area contributed by atoms with Crippen LogP contribution in [0.2, 0.25) is 0 Å². The van der Waals surface area contributed by atoms with Gasteiger partial charge < -0.3 is 4.74 Å². The van der Waals surface area contributed by atoms with Crippen molar-refractivity contribution in [2.75, 3.05) is 0 Å². The van der Waals surface area contributed by atoms with Crippen LogP contribution >= 0.6 is 0 Å². The molecule has 4 nitrogen and oxygen atoms in total. The number of aromatic nitrogens is 2. The van der Waals surface area contributed by atoms with Crippen molar-refractivity contribution in [3.8, 4) is 5.75 Å². The van der Waals surface area contributed by atoms with Crippen molar-refractivity contribution < 1.29 is 9.53 Å². The average Bonchev–Trinajstić information content (AvgIpc) is 2.92. The molecule has 0 radical (unpaired) electrons. The lowest BCUT2D eigenvalue weighted by Gasteiger charge is -2.13. The fourth-order valence-electron chi connectivity index (χ4n) is 1.66. The summed E-state index contributed by atoms with van der Waals surface area (Å²) >= 11 is 0. The Hall–Kier alpha value is -2.10. The van der Waals surface area contributed by atoms with E-state index >= 15 is 0 Å². The average molecular weight is 244 g/mol. The van der Waals surface area contributed by atoms with Crippen LogP contribution in [0.1, 0.15) is 24.2 Å². The molecule has 0 amide bonds. The van der Waals surface area contributed by atoms with Gasteiger partial charge in [0.05, 0.1) is 0 Å². The van der Waals surface area contributed by atoms with Gasteiger partial charge in [-0.2, -0.15) is 0 Å². The van der Waals surface area contributed by atoms with Crippen LogP contribution in [0.5, 0.6) is 5.75 Å². The molecule has 1 heterocycles. The van der Waals surface area contributed by atoms with Crippen LogP contribution in [-0.4, -0.2) is 21.6 Å². The van der Waals surface area contributed by atoms with E-state index in [0.29, 0.717) is 5.75 Å². The van der Waals surface area contributed by atoms with Gasteiger partial charge in [-0.25, -0.2) is 4.98 Å². The van der Waals surface area contributed by atoms with Gasteiger partial charge in [-0.1, -0.05) is 19.1 Å². The summed E-state index contributed by atoms with van der Waals surface area (Å²) in [6.07, 6.45) is 5.11. The molecule has 1 unspecified atom stereocenters. The van der Waals surface area contributed by atoms with Crippen LogP contribution in [-0.2, 0) is 6.42 Å². The lowest BCUT2D eigenvalue weighted by Crippen LogP contribution is -2.28. The predicted octanol–water partition coefficient (Wildman–Crippen LogP) is 2.55. The maximum absolute atomic E-state index is 11.9. The van der Waals surface area contributed by atoms with Crippen molar-refractivity contribution in [2.45, 2.75) is 26.4 Å². The Kier molecular flexibility index (Phi) is 3.77. The van der Waals surface area contributed by atoms with Crippen LogP contribution in [0.25, 0.3) is 0 Å². The third-order valence-electron chi connectivity index (χ3n) is 2.75. The van der Waals surface area contributed by atoms with Gasteiger partial charge in [0.25, 0.3) is 5.91 Å². The molecular formula is C14H16N2O2.